The molecule has 0 unspecified atom stereocenters. The van der Waals surface area contributed by atoms with E-state index in [2.05, 4.69) is 26.5 Å². The van der Waals surface area contributed by atoms with E-state index in [1.165, 1.54) is 0 Å². The Morgan fingerprint density at radius 3 is 0.970 bits per heavy atom. The Morgan fingerprint density at radius 1 is 0.515 bits per heavy atom. The molecule has 1 aliphatic rings. The number of carbonyl (C=O) groups is 3. The van der Waals surface area contributed by atoms with Gasteiger partial charge in [-0.05, 0) is 13.0 Å². The van der Waals surface area contributed by atoms with Crippen molar-refractivity contribution in [2.45, 2.75) is 13.3 Å². The molecule has 10 heteroatoms. The highest BCUT2D eigenvalue weighted by Crippen LogP contribution is 2.03. The third-order valence-electron chi connectivity index (χ3n) is 6.04. The molecule has 0 atom stereocenters. The van der Waals surface area contributed by atoms with Crippen LogP contribution in [0.2, 0.25) is 0 Å². The van der Waals surface area contributed by atoms with E-state index in [1.807, 2.05) is 0 Å². The minimum Gasteiger partial charge on any atom is -0.348 e. The van der Waals surface area contributed by atoms with E-state index in [0.717, 1.165) is 52.2 Å². The van der Waals surface area contributed by atoms with Crippen LogP contribution >= 0.6 is 0 Å². The van der Waals surface area contributed by atoms with Crippen LogP contribution < -0.4 is 0 Å². The van der Waals surface area contributed by atoms with Crippen molar-refractivity contribution in [1.82, 2.24) is 34.3 Å². The van der Waals surface area contributed by atoms with Gasteiger partial charge >= 0.3 is 0 Å². The summed E-state index contributed by atoms with van der Waals surface area (Å²) in [6, 6.07) is 0. The first-order valence-corrected chi connectivity index (χ1v) is 12.0. The summed E-state index contributed by atoms with van der Waals surface area (Å²) in [5, 5.41) is 0. The number of carbonyl (C=O) groups excluding carboxylic acids is 3. The Hall–Kier alpha value is -1.75. The van der Waals surface area contributed by atoms with Gasteiger partial charge in [0.15, 0.2) is 0 Å². The maximum absolute atomic E-state index is 12.4. The van der Waals surface area contributed by atoms with Gasteiger partial charge in [0.2, 0.25) is 17.7 Å². The Morgan fingerprint density at radius 2 is 0.758 bits per heavy atom. The van der Waals surface area contributed by atoms with E-state index in [4.69, 9.17) is 0 Å². The summed E-state index contributed by atoms with van der Waals surface area (Å²) in [5.41, 5.74) is 0. The molecule has 0 aliphatic carbocycles. The van der Waals surface area contributed by atoms with Gasteiger partial charge in [-0.25, -0.2) is 0 Å². The van der Waals surface area contributed by atoms with Crippen LogP contribution in [0.15, 0.2) is 0 Å². The maximum Gasteiger partial charge on any atom is 0.236 e. The quantitative estimate of drug-likeness (QED) is 0.446. The monoisotopic (exact) mass is 469 g/mol. The lowest BCUT2D eigenvalue weighted by Gasteiger charge is -2.34. The highest BCUT2D eigenvalue weighted by atomic mass is 16.2. The molecule has 3 amide bonds. The van der Waals surface area contributed by atoms with Crippen LogP contribution in [0.1, 0.15) is 13.3 Å². The number of hydrogen-bond donors (Lipinski definition) is 0. The van der Waals surface area contributed by atoms with Crippen molar-refractivity contribution < 1.29 is 14.4 Å². The summed E-state index contributed by atoms with van der Waals surface area (Å²) < 4.78 is 0. The summed E-state index contributed by atoms with van der Waals surface area (Å²) in [6.07, 6.45) is 1.06. The minimum atomic E-state index is 0.0584. The molecular formula is C23H47N7O3. The molecular weight excluding hydrogens is 422 g/mol. The predicted octanol–water partition coefficient (Wildman–Crippen LogP) is -1.12. The number of amides is 3. The van der Waals surface area contributed by atoms with Gasteiger partial charge in [0, 0.05) is 94.6 Å². The van der Waals surface area contributed by atoms with Crippen LogP contribution in [0, 0.1) is 0 Å². The van der Waals surface area contributed by atoms with Crippen LogP contribution in [-0.4, -0.2) is 173 Å². The molecule has 0 radical (unpaired) electrons. The summed E-state index contributed by atoms with van der Waals surface area (Å²) in [4.78, 5) is 51.1. The minimum absolute atomic E-state index is 0.0584. The number of rotatable bonds is 8. The molecule has 0 saturated carbocycles. The van der Waals surface area contributed by atoms with Crippen LogP contribution in [0.5, 0.6) is 0 Å². The summed E-state index contributed by atoms with van der Waals surface area (Å²) in [6.45, 7) is 10.4. The highest BCUT2D eigenvalue weighted by Gasteiger charge is 2.21. The van der Waals surface area contributed by atoms with Gasteiger partial charge in [0.05, 0.1) is 19.6 Å². The lowest BCUT2D eigenvalue weighted by molar-refractivity contribution is -0.132. The molecule has 1 saturated heterocycles. The number of likely N-dealkylation sites (N-methyl/N-ethyl adjacent to an activating group) is 3. The predicted molar refractivity (Wildman–Crippen MR) is 132 cm³/mol. The van der Waals surface area contributed by atoms with Gasteiger partial charge in [-0.2, -0.15) is 0 Å². The fourth-order valence-corrected chi connectivity index (χ4v) is 3.59. The fraction of sp³-hybridized carbons (Fsp3) is 0.870. The van der Waals surface area contributed by atoms with Gasteiger partial charge in [0.1, 0.15) is 0 Å². The zero-order valence-electron chi connectivity index (χ0n) is 22.0. The van der Waals surface area contributed by atoms with E-state index in [9.17, 15) is 14.4 Å². The number of hydrogen-bond acceptors (Lipinski definition) is 7. The van der Waals surface area contributed by atoms with Crippen molar-refractivity contribution in [2.24, 2.45) is 0 Å². The molecule has 0 aromatic rings. The SMILES string of the molecule is CCCN1CCN(CC(=O)N(C)C)CCN(CC(=O)N(C)C)CCN(CC(=O)N(C)C)CC1. The van der Waals surface area contributed by atoms with Gasteiger partial charge < -0.3 is 19.6 Å². The molecule has 0 bridgehead atoms. The lowest BCUT2D eigenvalue weighted by atomic mass is 10.3. The highest BCUT2D eigenvalue weighted by molar-refractivity contribution is 5.78. The molecule has 0 aromatic carbocycles. The van der Waals surface area contributed by atoms with E-state index >= 15 is 0 Å². The van der Waals surface area contributed by atoms with Gasteiger partial charge in [-0.3, -0.25) is 29.1 Å². The zero-order valence-corrected chi connectivity index (χ0v) is 22.0. The Balaban J connectivity index is 3.00. The van der Waals surface area contributed by atoms with E-state index in [-0.39, 0.29) is 17.7 Å². The first-order chi connectivity index (χ1) is 15.5. The standard InChI is InChI=1S/C23H47N7O3/c1-8-9-27-10-12-28(18-21(31)24(2)3)14-16-30(20-23(33)26(6)7)17-15-29(13-11-27)19-22(32)25(4)5/h8-20H2,1-7H3. The molecule has 0 aromatic heterocycles. The second-order valence-electron chi connectivity index (χ2n) is 9.53. The van der Waals surface area contributed by atoms with Crippen molar-refractivity contribution in [3.63, 3.8) is 0 Å². The molecule has 0 spiro atoms. The first kappa shape index (κ1) is 29.3. The van der Waals surface area contributed by atoms with Crippen LogP contribution in [0.3, 0.4) is 0 Å². The topological polar surface area (TPSA) is 73.9 Å². The normalized spacial score (nSPS) is 18.3. The molecule has 10 nitrogen and oxygen atoms in total. The molecule has 192 valence electrons. The molecule has 1 heterocycles. The first-order valence-electron chi connectivity index (χ1n) is 12.0. The van der Waals surface area contributed by atoms with Gasteiger partial charge in [-0.1, -0.05) is 6.92 Å². The van der Waals surface area contributed by atoms with Crippen molar-refractivity contribution in [1.29, 1.82) is 0 Å². The Bertz CT molecular complexity index is 575. The maximum atomic E-state index is 12.4. The third-order valence-corrected chi connectivity index (χ3v) is 6.04. The Labute approximate surface area is 201 Å². The summed E-state index contributed by atoms with van der Waals surface area (Å²) in [7, 11) is 10.7. The van der Waals surface area contributed by atoms with Crippen LogP contribution in [0.4, 0.5) is 0 Å². The van der Waals surface area contributed by atoms with Gasteiger partial charge in [0.25, 0.3) is 0 Å². The molecule has 1 fully saturated rings. The molecule has 1 aliphatic heterocycles. The summed E-state index contributed by atoms with van der Waals surface area (Å²) >= 11 is 0. The average molecular weight is 470 g/mol. The molecule has 33 heavy (non-hydrogen) atoms. The zero-order chi connectivity index (χ0) is 25.0. The molecule has 0 N–H and O–H groups in total. The second kappa shape index (κ2) is 15.2. The Kier molecular flexibility index (Phi) is 13.5. The van der Waals surface area contributed by atoms with Crippen molar-refractivity contribution >= 4 is 17.7 Å². The third kappa shape index (κ3) is 11.8. The lowest BCUT2D eigenvalue weighted by Crippen LogP contribution is -2.50. The van der Waals surface area contributed by atoms with E-state index in [1.54, 1.807) is 57.0 Å². The smallest absolute Gasteiger partial charge is 0.236 e. The molecule has 1 rings (SSSR count). The summed E-state index contributed by atoms with van der Waals surface area (Å²) in [5.74, 6) is 0.241. The largest absolute Gasteiger partial charge is 0.348 e. The fourth-order valence-electron chi connectivity index (χ4n) is 3.59. The van der Waals surface area contributed by atoms with Crippen molar-refractivity contribution in [2.75, 3.05) is 121 Å². The number of nitrogens with zero attached hydrogens (tertiary/aromatic N) is 7. The second-order valence-corrected chi connectivity index (χ2v) is 9.53. The van der Waals surface area contributed by atoms with E-state index in [0.29, 0.717) is 32.7 Å². The average Bonchev–Trinajstić information content (AvgIpc) is 2.74. The van der Waals surface area contributed by atoms with Crippen molar-refractivity contribution in [3.05, 3.63) is 0 Å². The van der Waals surface area contributed by atoms with Crippen LogP contribution in [-0.2, 0) is 14.4 Å². The van der Waals surface area contributed by atoms with Gasteiger partial charge in [-0.15, -0.1) is 0 Å². The van der Waals surface area contributed by atoms with Crippen LogP contribution in [0.25, 0.3) is 0 Å². The van der Waals surface area contributed by atoms with E-state index < -0.39 is 0 Å². The van der Waals surface area contributed by atoms with Crippen molar-refractivity contribution in [3.8, 4) is 0 Å².